The molecule has 3 fully saturated rings. The molecule has 1 aromatic carbocycles. The topological polar surface area (TPSA) is 115 Å². The van der Waals surface area contributed by atoms with Gasteiger partial charge in [-0.1, -0.05) is 18.2 Å². The lowest BCUT2D eigenvalue weighted by molar-refractivity contribution is -0.146. The zero-order valence-corrected chi connectivity index (χ0v) is 20.0. The Morgan fingerprint density at radius 2 is 1.94 bits per heavy atom. The van der Waals surface area contributed by atoms with E-state index >= 15 is 0 Å². The number of carbonyl (C=O) groups is 1. The van der Waals surface area contributed by atoms with E-state index in [0.29, 0.717) is 69.7 Å². The predicted octanol–water partition coefficient (Wildman–Crippen LogP) is 2.18. The van der Waals surface area contributed by atoms with E-state index < -0.39 is 17.9 Å². The standard InChI is InChI=1S/C24H29F2N7O3/c1-15-4-2-3-5-17(15)28-21(20(25)26)29-19-12-18(30-23(31-19)32-8-10-36-11-9-32)27-16-13-33(14-16)22(34)24(35)6-7-24/h2-5,12,16,20,35H,6-11,13-14H2,1H3,(H2,27,28,29,30,31). The minimum atomic E-state index is -2.85. The summed E-state index contributed by atoms with van der Waals surface area (Å²) in [6.07, 6.45) is -1.85. The molecule has 3 heterocycles. The number of likely N-dealkylation sites (tertiary alicyclic amines) is 1. The van der Waals surface area contributed by atoms with Crippen molar-refractivity contribution in [2.75, 3.05) is 54.9 Å². The Bertz CT molecular complexity index is 1150. The number of halogens is 2. The van der Waals surface area contributed by atoms with Crippen LogP contribution in [0.1, 0.15) is 18.4 Å². The number of hydrogen-bond donors (Lipinski definition) is 3. The molecular formula is C24H29F2N7O3. The third-order valence-electron chi connectivity index (χ3n) is 6.49. The van der Waals surface area contributed by atoms with Crippen LogP contribution in [0.3, 0.4) is 0 Å². The maximum atomic E-state index is 13.9. The minimum Gasteiger partial charge on any atom is -0.380 e. The molecule has 3 N–H and O–H groups in total. The molecule has 1 aromatic heterocycles. The van der Waals surface area contributed by atoms with Gasteiger partial charge in [-0.05, 0) is 31.4 Å². The molecule has 1 amide bonds. The Kier molecular flexibility index (Phi) is 6.71. The van der Waals surface area contributed by atoms with Gasteiger partial charge in [-0.25, -0.2) is 13.8 Å². The molecule has 1 saturated carbocycles. The third-order valence-corrected chi connectivity index (χ3v) is 6.49. The summed E-state index contributed by atoms with van der Waals surface area (Å²) in [4.78, 5) is 29.0. The van der Waals surface area contributed by atoms with E-state index in [1.807, 2.05) is 24.0 Å². The van der Waals surface area contributed by atoms with Gasteiger partial charge in [0.1, 0.15) is 11.4 Å². The number of aromatic nitrogens is 2. The molecule has 0 bridgehead atoms. The van der Waals surface area contributed by atoms with Gasteiger partial charge in [0.05, 0.1) is 19.3 Å². The predicted molar refractivity (Wildman–Crippen MR) is 131 cm³/mol. The Labute approximate surface area is 207 Å². The second-order valence-electron chi connectivity index (χ2n) is 9.33. The number of benzene rings is 1. The highest BCUT2D eigenvalue weighted by Crippen LogP contribution is 2.38. The number of nitrogens with zero attached hydrogens (tertiary/aromatic N) is 5. The largest absolute Gasteiger partial charge is 0.380 e. The normalized spacial score (nSPS) is 19.8. The molecule has 2 saturated heterocycles. The van der Waals surface area contributed by atoms with Gasteiger partial charge in [0.15, 0.2) is 11.7 Å². The maximum Gasteiger partial charge on any atom is 0.295 e. The van der Waals surface area contributed by atoms with Crippen LogP contribution in [0.15, 0.2) is 35.3 Å². The van der Waals surface area contributed by atoms with E-state index in [0.717, 1.165) is 5.56 Å². The molecule has 3 aliphatic rings. The molecule has 0 spiro atoms. The number of carbonyl (C=O) groups excluding carboxylic acids is 1. The van der Waals surface area contributed by atoms with Crippen molar-refractivity contribution in [3.05, 3.63) is 35.9 Å². The van der Waals surface area contributed by atoms with Crippen molar-refractivity contribution < 1.29 is 23.4 Å². The van der Waals surface area contributed by atoms with Gasteiger partial charge in [0.25, 0.3) is 12.3 Å². The zero-order chi connectivity index (χ0) is 25.3. The van der Waals surface area contributed by atoms with Crippen molar-refractivity contribution >= 4 is 35.0 Å². The highest BCUT2D eigenvalue weighted by atomic mass is 19.3. The lowest BCUT2D eigenvalue weighted by Gasteiger charge is -2.41. The van der Waals surface area contributed by atoms with Gasteiger partial charge in [-0.2, -0.15) is 9.97 Å². The molecule has 12 heteroatoms. The SMILES string of the molecule is Cc1ccccc1NC(=Nc1cc(NC2CN(C(=O)C3(O)CC3)C2)nc(N2CCOCC2)n1)C(F)F. The van der Waals surface area contributed by atoms with Gasteiger partial charge < -0.3 is 30.3 Å². The van der Waals surface area contributed by atoms with Crippen molar-refractivity contribution in [3.63, 3.8) is 0 Å². The van der Waals surface area contributed by atoms with Crippen LogP contribution in [-0.4, -0.2) is 89.2 Å². The number of morpholine rings is 1. The van der Waals surface area contributed by atoms with Gasteiger partial charge >= 0.3 is 0 Å². The number of hydrogen-bond acceptors (Lipinski definition) is 8. The van der Waals surface area contributed by atoms with Crippen LogP contribution in [0, 0.1) is 6.92 Å². The number of nitrogens with one attached hydrogen (secondary N) is 2. The van der Waals surface area contributed by atoms with E-state index in [-0.39, 0.29) is 17.8 Å². The molecular weight excluding hydrogens is 472 g/mol. The quantitative estimate of drug-likeness (QED) is 0.391. The second kappa shape index (κ2) is 9.94. The molecule has 0 unspecified atom stereocenters. The van der Waals surface area contributed by atoms with E-state index in [2.05, 4.69) is 25.6 Å². The first-order valence-corrected chi connectivity index (χ1v) is 12.0. The lowest BCUT2D eigenvalue weighted by Crippen LogP contribution is -2.59. The van der Waals surface area contributed by atoms with Crippen molar-refractivity contribution in [2.24, 2.45) is 4.99 Å². The van der Waals surface area contributed by atoms with Crippen molar-refractivity contribution in [1.29, 1.82) is 0 Å². The fraction of sp³-hybridized carbons (Fsp3) is 0.500. The summed E-state index contributed by atoms with van der Waals surface area (Å²) in [5.41, 5.74) is 0.153. The van der Waals surface area contributed by atoms with Crippen LogP contribution >= 0.6 is 0 Å². The van der Waals surface area contributed by atoms with Gasteiger partial charge in [-0.15, -0.1) is 0 Å². The molecule has 10 nitrogen and oxygen atoms in total. The second-order valence-corrected chi connectivity index (χ2v) is 9.33. The third kappa shape index (κ3) is 5.39. The zero-order valence-electron chi connectivity index (χ0n) is 20.0. The average Bonchev–Trinajstić information content (AvgIpc) is 3.60. The van der Waals surface area contributed by atoms with E-state index in [9.17, 15) is 18.7 Å². The van der Waals surface area contributed by atoms with Crippen molar-refractivity contribution in [3.8, 4) is 0 Å². The number of aryl methyl sites for hydroxylation is 1. The summed E-state index contributed by atoms with van der Waals surface area (Å²) < 4.78 is 33.2. The number of alkyl halides is 2. The van der Waals surface area contributed by atoms with Crippen LogP contribution in [-0.2, 0) is 9.53 Å². The number of rotatable bonds is 7. The maximum absolute atomic E-state index is 13.9. The van der Waals surface area contributed by atoms with E-state index in [1.165, 1.54) is 6.07 Å². The number of anilines is 3. The Hall–Kier alpha value is -3.38. The first-order valence-electron chi connectivity index (χ1n) is 12.0. The summed E-state index contributed by atoms with van der Waals surface area (Å²) in [5.74, 6) is 0.124. The number of amidine groups is 1. The fourth-order valence-electron chi connectivity index (χ4n) is 4.14. The van der Waals surface area contributed by atoms with Crippen molar-refractivity contribution in [2.45, 2.75) is 37.8 Å². The van der Waals surface area contributed by atoms with Crippen LogP contribution < -0.4 is 15.5 Å². The van der Waals surface area contributed by atoms with Crippen molar-refractivity contribution in [1.82, 2.24) is 14.9 Å². The van der Waals surface area contributed by atoms with Gasteiger partial charge in [-0.3, -0.25) is 4.79 Å². The number of aliphatic hydroxyl groups is 1. The molecule has 1 aliphatic carbocycles. The molecule has 5 rings (SSSR count). The number of amides is 1. The smallest absolute Gasteiger partial charge is 0.295 e. The van der Waals surface area contributed by atoms with Crippen LogP contribution in [0.5, 0.6) is 0 Å². The summed E-state index contributed by atoms with van der Waals surface area (Å²) in [6.45, 7) is 4.84. The molecule has 192 valence electrons. The highest BCUT2D eigenvalue weighted by molar-refractivity contribution is 5.99. The van der Waals surface area contributed by atoms with Gasteiger partial charge in [0.2, 0.25) is 5.95 Å². The number of para-hydroxylation sites is 1. The number of aliphatic imine (C=N–C) groups is 1. The highest BCUT2D eigenvalue weighted by Gasteiger charge is 2.52. The minimum absolute atomic E-state index is 0.0831. The summed E-state index contributed by atoms with van der Waals surface area (Å²) in [5, 5.41) is 16.0. The molecule has 0 radical (unpaired) electrons. The monoisotopic (exact) mass is 501 g/mol. The van der Waals surface area contributed by atoms with E-state index in [1.54, 1.807) is 17.0 Å². The van der Waals surface area contributed by atoms with Crippen LogP contribution in [0.2, 0.25) is 0 Å². The lowest BCUT2D eigenvalue weighted by atomic mass is 10.1. The molecule has 0 atom stereocenters. The number of ether oxygens (including phenoxy) is 1. The molecule has 36 heavy (non-hydrogen) atoms. The average molecular weight is 502 g/mol. The summed E-state index contributed by atoms with van der Waals surface area (Å²) in [6, 6.07) is 8.56. The summed E-state index contributed by atoms with van der Waals surface area (Å²) in [7, 11) is 0. The first-order chi connectivity index (χ1) is 17.3. The van der Waals surface area contributed by atoms with Gasteiger partial charge in [0, 0.05) is 37.9 Å². The fourth-order valence-corrected chi connectivity index (χ4v) is 4.14. The Morgan fingerprint density at radius 3 is 2.61 bits per heavy atom. The molecule has 2 aliphatic heterocycles. The first kappa shape index (κ1) is 24.3. The summed E-state index contributed by atoms with van der Waals surface area (Å²) >= 11 is 0. The Balaban J connectivity index is 1.37. The molecule has 2 aromatic rings. The van der Waals surface area contributed by atoms with E-state index in [4.69, 9.17) is 4.74 Å². The Morgan fingerprint density at radius 1 is 1.22 bits per heavy atom. The van der Waals surface area contributed by atoms with Crippen LogP contribution in [0.25, 0.3) is 0 Å². The van der Waals surface area contributed by atoms with Crippen LogP contribution in [0.4, 0.5) is 32.1 Å².